The standard InChI is InChI=1S/C21H21F3N4O3/c1-30-16-8-7-12(9-17(16)31-2)15-10-18(21(22,23)24)28-19(27-15)14(11-25-28)20(29)26-13-5-3-4-6-13/h7-11,13H,3-6H2,1-2H3,(H,26,29). The van der Waals surface area contributed by atoms with Crippen molar-refractivity contribution in [3.8, 4) is 22.8 Å². The molecular weight excluding hydrogens is 413 g/mol. The van der Waals surface area contributed by atoms with Crippen molar-refractivity contribution in [2.75, 3.05) is 14.2 Å². The lowest BCUT2D eigenvalue weighted by Gasteiger charge is -2.14. The molecule has 0 atom stereocenters. The van der Waals surface area contributed by atoms with Crippen molar-refractivity contribution in [3.63, 3.8) is 0 Å². The van der Waals surface area contributed by atoms with E-state index in [-0.39, 0.29) is 22.9 Å². The van der Waals surface area contributed by atoms with Gasteiger partial charge in [-0.15, -0.1) is 0 Å². The zero-order valence-electron chi connectivity index (χ0n) is 17.0. The number of alkyl halides is 3. The summed E-state index contributed by atoms with van der Waals surface area (Å²) in [6.07, 6.45) is 0.156. The van der Waals surface area contributed by atoms with Crippen molar-refractivity contribution in [3.05, 3.63) is 41.7 Å². The summed E-state index contributed by atoms with van der Waals surface area (Å²) in [6, 6.07) is 5.61. The molecule has 0 unspecified atom stereocenters. The van der Waals surface area contributed by atoms with Crippen molar-refractivity contribution in [2.24, 2.45) is 0 Å². The van der Waals surface area contributed by atoms with Gasteiger partial charge in [0.05, 0.1) is 26.1 Å². The maximum Gasteiger partial charge on any atom is 0.433 e. The predicted molar refractivity (Wildman–Crippen MR) is 106 cm³/mol. The second-order valence-corrected chi connectivity index (χ2v) is 7.34. The third-order valence-corrected chi connectivity index (χ3v) is 5.38. The molecule has 1 aliphatic carbocycles. The number of carbonyl (C=O) groups excluding carboxylic acids is 1. The summed E-state index contributed by atoms with van der Waals surface area (Å²) in [6.45, 7) is 0. The molecule has 3 aromatic rings. The normalized spacial score (nSPS) is 14.7. The molecule has 1 aromatic carbocycles. The molecule has 164 valence electrons. The molecule has 7 nitrogen and oxygen atoms in total. The van der Waals surface area contributed by atoms with E-state index in [1.807, 2.05) is 0 Å². The molecule has 1 amide bonds. The molecule has 0 radical (unpaired) electrons. The van der Waals surface area contributed by atoms with Crippen LogP contribution in [0.2, 0.25) is 0 Å². The van der Waals surface area contributed by atoms with E-state index < -0.39 is 17.8 Å². The number of carbonyl (C=O) groups is 1. The molecule has 0 spiro atoms. The number of methoxy groups -OCH3 is 2. The monoisotopic (exact) mass is 434 g/mol. The average molecular weight is 434 g/mol. The quantitative estimate of drug-likeness (QED) is 0.654. The Labute approximate surface area is 176 Å². The Balaban J connectivity index is 1.84. The number of rotatable bonds is 5. The van der Waals surface area contributed by atoms with Crippen LogP contribution < -0.4 is 14.8 Å². The molecule has 4 rings (SSSR count). The SMILES string of the molecule is COc1ccc(-c2cc(C(F)(F)F)n3ncc(C(=O)NC4CCCC4)c3n2)cc1OC. The molecule has 1 fully saturated rings. The zero-order valence-corrected chi connectivity index (χ0v) is 17.0. The van der Waals surface area contributed by atoms with Gasteiger partial charge in [0.1, 0.15) is 5.56 Å². The first-order valence-corrected chi connectivity index (χ1v) is 9.81. The van der Waals surface area contributed by atoms with Crippen molar-refractivity contribution < 1.29 is 27.4 Å². The smallest absolute Gasteiger partial charge is 0.433 e. The highest BCUT2D eigenvalue weighted by Gasteiger charge is 2.36. The van der Waals surface area contributed by atoms with E-state index in [1.54, 1.807) is 12.1 Å². The molecule has 0 bridgehead atoms. The van der Waals surface area contributed by atoms with Crippen LogP contribution in [0, 0.1) is 0 Å². The highest BCUT2D eigenvalue weighted by Crippen LogP contribution is 2.35. The third kappa shape index (κ3) is 4.01. The van der Waals surface area contributed by atoms with Crippen LogP contribution in [-0.2, 0) is 6.18 Å². The van der Waals surface area contributed by atoms with Gasteiger partial charge < -0.3 is 14.8 Å². The Morgan fingerprint density at radius 1 is 1.13 bits per heavy atom. The molecule has 1 aliphatic rings. The first-order valence-electron chi connectivity index (χ1n) is 9.81. The number of hydrogen-bond acceptors (Lipinski definition) is 5. The lowest BCUT2D eigenvalue weighted by atomic mass is 10.1. The fourth-order valence-electron chi connectivity index (χ4n) is 3.80. The fourth-order valence-corrected chi connectivity index (χ4v) is 3.80. The van der Waals surface area contributed by atoms with E-state index in [0.717, 1.165) is 37.9 Å². The van der Waals surface area contributed by atoms with Gasteiger partial charge in [-0.2, -0.15) is 18.3 Å². The Hall–Kier alpha value is -3.30. The minimum atomic E-state index is -4.70. The zero-order chi connectivity index (χ0) is 22.2. The summed E-state index contributed by atoms with van der Waals surface area (Å²) in [7, 11) is 2.90. The highest BCUT2D eigenvalue weighted by atomic mass is 19.4. The topological polar surface area (TPSA) is 77.8 Å². The third-order valence-electron chi connectivity index (χ3n) is 5.38. The predicted octanol–water partition coefficient (Wildman–Crippen LogP) is 4.10. The number of hydrogen-bond donors (Lipinski definition) is 1. The Kier molecular flexibility index (Phi) is 5.47. The van der Waals surface area contributed by atoms with Crippen LogP contribution in [0.4, 0.5) is 13.2 Å². The summed E-state index contributed by atoms with van der Waals surface area (Å²) >= 11 is 0. The Morgan fingerprint density at radius 3 is 2.48 bits per heavy atom. The number of halogens is 3. The van der Waals surface area contributed by atoms with Gasteiger partial charge in [0.15, 0.2) is 22.8 Å². The molecule has 2 aromatic heterocycles. The summed E-state index contributed by atoms with van der Waals surface area (Å²) in [5.41, 5.74) is -0.762. The van der Waals surface area contributed by atoms with Gasteiger partial charge in [-0.25, -0.2) is 9.50 Å². The second-order valence-electron chi connectivity index (χ2n) is 7.34. The van der Waals surface area contributed by atoms with Gasteiger partial charge in [-0.05, 0) is 37.1 Å². The number of aromatic nitrogens is 3. The minimum Gasteiger partial charge on any atom is -0.493 e. The minimum absolute atomic E-state index is 0.000253. The lowest BCUT2D eigenvalue weighted by Crippen LogP contribution is -2.32. The van der Waals surface area contributed by atoms with E-state index in [9.17, 15) is 18.0 Å². The average Bonchev–Trinajstić information content (AvgIpc) is 3.41. The molecule has 2 heterocycles. The largest absolute Gasteiger partial charge is 0.493 e. The number of amides is 1. The second kappa shape index (κ2) is 8.09. The van der Waals surface area contributed by atoms with Crippen molar-refractivity contribution in [2.45, 2.75) is 37.9 Å². The van der Waals surface area contributed by atoms with Crippen LogP contribution in [-0.4, -0.2) is 40.8 Å². The van der Waals surface area contributed by atoms with Crippen LogP contribution >= 0.6 is 0 Å². The molecule has 0 aliphatic heterocycles. The molecular formula is C21H21F3N4O3. The number of nitrogens with zero attached hydrogens (tertiary/aromatic N) is 3. The van der Waals surface area contributed by atoms with Gasteiger partial charge in [0.2, 0.25) is 0 Å². The first kappa shape index (κ1) is 21.0. The van der Waals surface area contributed by atoms with Gasteiger partial charge in [-0.3, -0.25) is 4.79 Å². The number of benzene rings is 1. The van der Waals surface area contributed by atoms with E-state index in [2.05, 4.69) is 15.4 Å². The maximum atomic E-state index is 13.8. The van der Waals surface area contributed by atoms with E-state index in [1.165, 1.54) is 20.3 Å². The van der Waals surface area contributed by atoms with Gasteiger partial charge >= 0.3 is 6.18 Å². The van der Waals surface area contributed by atoms with Crippen LogP contribution in [0.25, 0.3) is 16.9 Å². The Morgan fingerprint density at radius 2 is 1.84 bits per heavy atom. The molecule has 10 heteroatoms. The van der Waals surface area contributed by atoms with Crippen molar-refractivity contribution in [1.29, 1.82) is 0 Å². The van der Waals surface area contributed by atoms with E-state index in [4.69, 9.17) is 9.47 Å². The maximum absolute atomic E-state index is 13.8. The molecule has 31 heavy (non-hydrogen) atoms. The summed E-state index contributed by atoms with van der Waals surface area (Å²) < 4.78 is 52.4. The van der Waals surface area contributed by atoms with Crippen molar-refractivity contribution >= 4 is 11.6 Å². The van der Waals surface area contributed by atoms with Crippen molar-refractivity contribution in [1.82, 2.24) is 19.9 Å². The number of nitrogens with one attached hydrogen (secondary N) is 1. The summed E-state index contributed by atoms with van der Waals surface area (Å²) in [5, 5.41) is 6.68. The number of fused-ring (bicyclic) bond motifs is 1. The molecule has 0 saturated heterocycles. The van der Waals surface area contributed by atoms with Gasteiger partial charge in [-0.1, -0.05) is 12.8 Å². The molecule has 1 N–H and O–H groups in total. The van der Waals surface area contributed by atoms with Crippen LogP contribution in [0.3, 0.4) is 0 Å². The lowest BCUT2D eigenvalue weighted by molar-refractivity contribution is -0.142. The molecule has 1 saturated carbocycles. The fraction of sp³-hybridized carbons (Fsp3) is 0.381. The van der Waals surface area contributed by atoms with Gasteiger partial charge in [0, 0.05) is 11.6 Å². The number of ether oxygens (including phenoxy) is 2. The first-order chi connectivity index (χ1) is 14.8. The van der Waals surface area contributed by atoms with E-state index >= 15 is 0 Å². The van der Waals surface area contributed by atoms with Crippen LogP contribution in [0.1, 0.15) is 41.7 Å². The van der Waals surface area contributed by atoms with Gasteiger partial charge in [0.25, 0.3) is 5.91 Å². The van der Waals surface area contributed by atoms with E-state index in [0.29, 0.717) is 21.6 Å². The Bertz CT molecular complexity index is 1120. The van der Waals surface area contributed by atoms with Crippen LogP contribution in [0.5, 0.6) is 11.5 Å². The summed E-state index contributed by atoms with van der Waals surface area (Å²) in [4.78, 5) is 17.1. The highest BCUT2D eigenvalue weighted by molar-refractivity contribution is 6.00. The van der Waals surface area contributed by atoms with Crippen LogP contribution in [0.15, 0.2) is 30.5 Å². The summed E-state index contributed by atoms with van der Waals surface area (Å²) in [5.74, 6) is 0.305.